The molecule has 0 bridgehead atoms. The number of ketones is 1. The van der Waals surface area contributed by atoms with E-state index in [0.717, 1.165) is 0 Å². The van der Waals surface area contributed by atoms with Crippen LogP contribution in [0.2, 0.25) is 0 Å². The van der Waals surface area contributed by atoms with E-state index in [9.17, 15) is 9.90 Å². The van der Waals surface area contributed by atoms with E-state index in [1.165, 1.54) is 28.4 Å². The monoisotopic (exact) mass is 401 g/mol. The van der Waals surface area contributed by atoms with Gasteiger partial charge in [0.1, 0.15) is 0 Å². The molecule has 8 heteroatoms. The van der Waals surface area contributed by atoms with Crippen LogP contribution in [0, 0.1) is 0 Å². The Bertz CT molecular complexity index is 1040. The van der Waals surface area contributed by atoms with Crippen molar-refractivity contribution in [3.8, 4) is 28.7 Å². The number of furan rings is 1. The van der Waals surface area contributed by atoms with Gasteiger partial charge in [-0.05, 0) is 24.3 Å². The molecule has 3 rings (SSSR count). The Morgan fingerprint density at radius 3 is 2.00 bits per heavy atom. The molecule has 0 unspecified atom stereocenters. The Morgan fingerprint density at radius 1 is 0.931 bits per heavy atom. The average molecular weight is 401 g/mol. The minimum atomic E-state index is -0.323. The number of carbonyl (C=O) groups excluding carboxylic acids is 1. The standard InChI is InChI=1S/C21H23NO7/c1-22(2)21-16(12-7-8-13(25-3)18(24)19(12)29-21)17(23)11-9-14(26-4)20(28-6)15(10-11)27-5/h7-10,24H,1-6H3. The Labute approximate surface area is 168 Å². The Balaban J connectivity index is 2.26. The molecule has 0 fully saturated rings. The highest BCUT2D eigenvalue weighted by Crippen LogP contribution is 2.44. The van der Waals surface area contributed by atoms with Crippen molar-refractivity contribution < 1.29 is 33.3 Å². The number of nitrogens with zero attached hydrogens (tertiary/aromatic N) is 1. The zero-order chi connectivity index (χ0) is 21.3. The van der Waals surface area contributed by atoms with Gasteiger partial charge in [0.05, 0.1) is 34.0 Å². The quantitative estimate of drug-likeness (QED) is 0.602. The molecule has 0 aliphatic rings. The number of ether oxygens (including phenoxy) is 4. The normalized spacial score (nSPS) is 10.7. The zero-order valence-corrected chi connectivity index (χ0v) is 17.2. The highest BCUT2D eigenvalue weighted by molar-refractivity contribution is 6.20. The second kappa shape index (κ2) is 7.83. The molecule has 0 atom stereocenters. The van der Waals surface area contributed by atoms with E-state index in [0.29, 0.717) is 39.6 Å². The maximum absolute atomic E-state index is 13.5. The van der Waals surface area contributed by atoms with Crippen LogP contribution in [0.25, 0.3) is 11.0 Å². The second-order valence-corrected chi connectivity index (χ2v) is 6.41. The number of phenolic OH excluding ortho intramolecular Hbond substituents is 1. The van der Waals surface area contributed by atoms with E-state index in [-0.39, 0.29) is 22.9 Å². The first-order valence-corrected chi connectivity index (χ1v) is 8.72. The van der Waals surface area contributed by atoms with E-state index in [4.69, 9.17) is 23.4 Å². The van der Waals surface area contributed by atoms with Gasteiger partial charge in [-0.25, -0.2) is 0 Å². The number of methoxy groups -OCH3 is 4. The lowest BCUT2D eigenvalue weighted by atomic mass is 10.00. The fourth-order valence-corrected chi connectivity index (χ4v) is 3.17. The summed E-state index contributed by atoms with van der Waals surface area (Å²) in [5.41, 5.74) is 0.793. The molecule has 1 heterocycles. The van der Waals surface area contributed by atoms with Gasteiger partial charge in [0.2, 0.25) is 17.4 Å². The second-order valence-electron chi connectivity index (χ2n) is 6.41. The van der Waals surface area contributed by atoms with Gasteiger partial charge in [-0.2, -0.15) is 0 Å². The summed E-state index contributed by atoms with van der Waals surface area (Å²) in [6, 6.07) is 6.41. The van der Waals surface area contributed by atoms with E-state index >= 15 is 0 Å². The molecule has 8 nitrogen and oxygen atoms in total. The number of aromatic hydroxyl groups is 1. The highest BCUT2D eigenvalue weighted by Gasteiger charge is 2.28. The van der Waals surface area contributed by atoms with Crippen molar-refractivity contribution in [1.29, 1.82) is 0 Å². The van der Waals surface area contributed by atoms with Crippen molar-refractivity contribution in [3.63, 3.8) is 0 Å². The van der Waals surface area contributed by atoms with E-state index in [2.05, 4.69) is 0 Å². The zero-order valence-electron chi connectivity index (χ0n) is 17.2. The molecule has 0 spiro atoms. The van der Waals surface area contributed by atoms with Gasteiger partial charge in [0.15, 0.2) is 28.6 Å². The molecular weight excluding hydrogens is 378 g/mol. The summed E-state index contributed by atoms with van der Waals surface area (Å²) < 4.78 is 27.0. The summed E-state index contributed by atoms with van der Waals surface area (Å²) in [7, 11) is 9.39. The average Bonchev–Trinajstić information content (AvgIpc) is 3.13. The molecule has 154 valence electrons. The third-order valence-electron chi connectivity index (χ3n) is 4.56. The number of rotatable bonds is 7. The molecule has 0 aliphatic heterocycles. The molecule has 1 N–H and O–H groups in total. The molecule has 0 radical (unpaired) electrons. The molecule has 0 saturated carbocycles. The van der Waals surface area contributed by atoms with Crippen molar-refractivity contribution in [2.24, 2.45) is 0 Å². The molecule has 1 aromatic heterocycles. The predicted octanol–water partition coefficient (Wildman–Crippen LogP) is 3.47. The number of carbonyl (C=O) groups is 1. The van der Waals surface area contributed by atoms with Crippen LogP contribution in [-0.4, -0.2) is 53.4 Å². The fraction of sp³-hybridized carbons (Fsp3) is 0.286. The SMILES string of the molecule is COc1cc(C(=O)c2c(N(C)C)oc3c(O)c(OC)ccc23)cc(OC)c1OC. The van der Waals surface area contributed by atoms with Crippen molar-refractivity contribution in [2.45, 2.75) is 0 Å². The maximum Gasteiger partial charge on any atom is 0.207 e. The smallest absolute Gasteiger partial charge is 0.207 e. The van der Waals surface area contributed by atoms with Gasteiger partial charge in [-0.15, -0.1) is 0 Å². The number of fused-ring (bicyclic) bond motifs is 1. The lowest BCUT2D eigenvalue weighted by Gasteiger charge is -2.14. The van der Waals surface area contributed by atoms with Crippen molar-refractivity contribution in [2.75, 3.05) is 47.4 Å². The highest BCUT2D eigenvalue weighted by atomic mass is 16.5. The summed E-state index contributed by atoms with van der Waals surface area (Å²) in [5, 5.41) is 10.9. The van der Waals surface area contributed by atoms with Gasteiger partial charge in [-0.1, -0.05) is 0 Å². The summed E-state index contributed by atoms with van der Waals surface area (Å²) in [4.78, 5) is 15.2. The van der Waals surface area contributed by atoms with Gasteiger partial charge in [0, 0.05) is 25.0 Å². The molecule has 2 aromatic carbocycles. The number of phenols is 1. The van der Waals surface area contributed by atoms with Crippen LogP contribution >= 0.6 is 0 Å². The van der Waals surface area contributed by atoms with Crippen LogP contribution in [0.3, 0.4) is 0 Å². The van der Waals surface area contributed by atoms with Gasteiger partial charge in [-0.3, -0.25) is 4.79 Å². The number of benzene rings is 2. The first-order valence-electron chi connectivity index (χ1n) is 8.72. The minimum Gasteiger partial charge on any atom is -0.502 e. The molecular formula is C21H23NO7. The van der Waals surface area contributed by atoms with Crippen molar-refractivity contribution in [1.82, 2.24) is 0 Å². The summed E-state index contributed by atoms with van der Waals surface area (Å²) in [5.74, 6) is 1.18. The fourth-order valence-electron chi connectivity index (χ4n) is 3.17. The van der Waals surface area contributed by atoms with Crippen LogP contribution in [0.1, 0.15) is 15.9 Å². The predicted molar refractivity (Wildman–Crippen MR) is 108 cm³/mol. The summed E-state index contributed by atoms with van der Waals surface area (Å²) in [6.07, 6.45) is 0. The Morgan fingerprint density at radius 2 is 1.52 bits per heavy atom. The van der Waals surface area contributed by atoms with Crippen molar-refractivity contribution in [3.05, 3.63) is 35.4 Å². The maximum atomic E-state index is 13.5. The Hall–Kier alpha value is -3.55. The van der Waals surface area contributed by atoms with E-state index < -0.39 is 0 Å². The lowest BCUT2D eigenvalue weighted by molar-refractivity contribution is 0.103. The van der Waals surface area contributed by atoms with Gasteiger partial charge in [0.25, 0.3) is 0 Å². The lowest BCUT2D eigenvalue weighted by Crippen LogP contribution is -2.13. The van der Waals surface area contributed by atoms with Crippen LogP contribution in [0.5, 0.6) is 28.7 Å². The topological polar surface area (TPSA) is 90.6 Å². The number of anilines is 1. The molecule has 29 heavy (non-hydrogen) atoms. The molecule has 0 amide bonds. The molecule has 0 saturated heterocycles. The van der Waals surface area contributed by atoms with Crippen LogP contribution < -0.4 is 23.8 Å². The first kappa shape index (κ1) is 20.2. The third-order valence-corrected chi connectivity index (χ3v) is 4.56. The first-order chi connectivity index (χ1) is 13.9. The largest absolute Gasteiger partial charge is 0.502 e. The summed E-state index contributed by atoms with van der Waals surface area (Å²) >= 11 is 0. The minimum absolute atomic E-state index is 0.169. The van der Waals surface area contributed by atoms with E-state index in [1.54, 1.807) is 43.3 Å². The number of hydrogen-bond acceptors (Lipinski definition) is 8. The third kappa shape index (κ3) is 3.26. The van der Waals surface area contributed by atoms with Gasteiger partial charge >= 0.3 is 0 Å². The van der Waals surface area contributed by atoms with Crippen LogP contribution in [0.15, 0.2) is 28.7 Å². The van der Waals surface area contributed by atoms with Crippen molar-refractivity contribution >= 4 is 22.6 Å². The summed E-state index contributed by atoms with van der Waals surface area (Å²) in [6.45, 7) is 0. The Kier molecular flexibility index (Phi) is 5.45. The van der Waals surface area contributed by atoms with Crippen LogP contribution in [-0.2, 0) is 0 Å². The van der Waals surface area contributed by atoms with E-state index in [1.807, 2.05) is 0 Å². The molecule has 0 aliphatic carbocycles. The number of hydrogen-bond donors (Lipinski definition) is 1. The van der Waals surface area contributed by atoms with Crippen LogP contribution in [0.4, 0.5) is 5.88 Å². The van der Waals surface area contributed by atoms with Gasteiger partial charge < -0.3 is 33.4 Å². The molecule has 3 aromatic rings.